The van der Waals surface area contributed by atoms with E-state index in [1.165, 1.54) is 12.0 Å². The maximum absolute atomic E-state index is 12.7. The lowest BCUT2D eigenvalue weighted by Crippen LogP contribution is -2.51. The summed E-state index contributed by atoms with van der Waals surface area (Å²) in [6.45, 7) is 2.13. The number of piperidine rings is 1. The molecular weight excluding hydrogens is 250 g/mol. The van der Waals surface area contributed by atoms with Crippen molar-refractivity contribution in [2.75, 3.05) is 32.5 Å². The zero-order valence-corrected chi connectivity index (χ0v) is 12.3. The summed E-state index contributed by atoms with van der Waals surface area (Å²) in [6.07, 6.45) is 3.10. The average molecular weight is 273 g/mol. The van der Waals surface area contributed by atoms with E-state index in [2.05, 4.69) is 29.4 Å². The third kappa shape index (κ3) is 2.52. The van der Waals surface area contributed by atoms with Gasteiger partial charge in [0.05, 0.1) is 0 Å². The molecule has 4 nitrogen and oxygen atoms in total. The number of amides is 1. The molecule has 2 heterocycles. The lowest BCUT2D eigenvalue weighted by atomic mass is 10.0. The van der Waals surface area contributed by atoms with Crippen molar-refractivity contribution in [1.29, 1.82) is 0 Å². The second-order valence-corrected chi connectivity index (χ2v) is 6.07. The van der Waals surface area contributed by atoms with Crippen molar-refractivity contribution in [3.05, 3.63) is 29.8 Å². The standard InChI is InChI=1S/C16H23N3O/c1-18-9-5-7-13(11-18)19(2)16(20)15-10-12-6-3-4-8-14(12)17-15/h3-4,6,8,13,15,17H,5,7,9-11H2,1-2H3. The molecule has 0 aromatic heterocycles. The summed E-state index contributed by atoms with van der Waals surface area (Å²) >= 11 is 0. The Balaban J connectivity index is 1.65. The van der Waals surface area contributed by atoms with Crippen LogP contribution in [0.15, 0.2) is 24.3 Å². The normalized spacial score (nSPS) is 25.9. The molecule has 3 rings (SSSR count). The molecule has 0 aliphatic carbocycles. The second-order valence-electron chi connectivity index (χ2n) is 6.07. The number of hydrogen-bond acceptors (Lipinski definition) is 3. The summed E-state index contributed by atoms with van der Waals surface area (Å²) < 4.78 is 0. The van der Waals surface area contributed by atoms with E-state index in [1.54, 1.807) is 0 Å². The molecule has 2 atom stereocenters. The van der Waals surface area contributed by atoms with Crippen LogP contribution in [0.4, 0.5) is 5.69 Å². The minimum atomic E-state index is -0.0929. The third-order valence-corrected chi connectivity index (χ3v) is 4.56. The first-order valence-corrected chi connectivity index (χ1v) is 7.45. The number of carbonyl (C=O) groups is 1. The largest absolute Gasteiger partial charge is 0.373 e. The summed E-state index contributed by atoms with van der Waals surface area (Å²) in [5, 5.41) is 3.36. The van der Waals surface area contributed by atoms with E-state index in [9.17, 15) is 4.79 Å². The van der Waals surface area contributed by atoms with Crippen LogP contribution in [-0.2, 0) is 11.2 Å². The molecule has 0 bridgehead atoms. The smallest absolute Gasteiger partial charge is 0.245 e. The summed E-state index contributed by atoms with van der Waals surface area (Å²) in [5.41, 5.74) is 2.36. The second kappa shape index (κ2) is 5.44. The Bertz CT molecular complexity index is 477. The van der Waals surface area contributed by atoms with Crippen molar-refractivity contribution in [1.82, 2.24) is 9.80 Å². The highest BCUT2D eigenvalue weighted by Crippen LogP contribution is 2.26. The van der Waals surface area contributed by atoms with Gasteiger partial charge < -0.3 is 15.1 Å². The van der Waals surface area contributed by atoms with Gasteiger partial charge in [0.15, 0.2) is 0 Å². The average Bonchev–Trinajstić information content (AvgIpc) is 2.89. The number of anilines is 1. The van der Waals surface area contributed by atoms with E-state index in [-0.39, 0.29) is 11.9 Å². The van der Waals surface area contributed by atoms with Gasteiger partial charge in [-0.3, -0.25) is 4.79 Å². The molecule has 1 aromatic rings. The van der Waals surface area contributed by atoms with Gasteiger partial charge in [0.25, 0.3) is 0 Å². The topological polar surface area (TPSA) is 35.6 Å². The van der Waals surface area contributed by atoms with Crippen LogP contribution in [0.5, 0.6) is 0 Å². The zero-order chi connectivity index (χ0) is 14.1. The Morgan fingerprint density at radius 2 is 2.20 bits per heavy atom. The SMILES string of the molecule is CN1CCCC(N(C)C(=O)C2Cc3ccccc3N2)C1. The molecule has 0 saturated carbocycles. The van der Waals surface area contributed by atoms with Gasteiger partial charge in [-0.2, -0.15) is 0 Å². The van der Waals surface area contributed by atoms with Crippen LogP contribution in [0.25, 0.3) is 0 Å². The number of nitrogens with zero attached hydrogens (tertiary/aromatic N) is 2. The fraction of sp³-hybridized carbons (Fsp3) is 0.562. The lowest BCUT2D eigenvalue weighted by molar-refractivity contribution is -0.133. The van der Waals surface area contributed by atoms with Gasteiger partial charge in [-0.1, -0.05) is 18.2 Å². The number of hydrogen-bond donors (Lipinski definition) is 1. The first kappa shape index (κ1) is 13.4. The maximum Gasteiger partial charge on any atom is 0.245 e. The van der Waals surface area contributed by atoms with Gasteiger partial charge in [-0.15, -0.1) is 0 Å². The van der Waals surface area contributed by atoms with Crippen LogP contribution in [-0.4, -0.2) is 55.0 Å². The molecule has 1 N–H and O–H groups in total. The molecule has 2 unspecified atom stereocenters. The molecule has 1 amide bonds. The van der Waals surface area contributed by atoms with Crippen LogP contribution in [0.3, 0.4) is 0 Å². The number of carbonyl (C=O) groups excluding carboxylic acids is 1. The summed E-state index contributed by atoms with van der Waals surface area (Å²) in [7, 11) is 4.09. The van der Waals surface area contributed by atoms with E-state index >= 15 is 0 Å². The molecule has 0 spiro atoms. The minimum absolute atomic E-state index is 0.0929. The van der Waals surface area contributed by atoms with Gasteiger partial charge in [0, 0.05) is 31.7 Å². The fourth-order valence-corrected chi connectivity index (χ4v) is 3.33. The molecule has 2 aliphatic rings. The van der Waals surface area contributed by atoms with Crippen molar-refractivity contribution in [3.8, 4) is 0 Å². The predicted molar refractivity (Wildman–Crippen MR) is 80.8 cm³/mol. The van der Waals surface area contributed by atoms with Crippen molar-refractivity contribution in [2.45, 2.75) is 31.3 Å². The van der Waals surface area contributed by atoms with E-state index in [1.807, 2.05) is 24.1 Å². The van der Waals surface area contributed by atoms with Crippen LogP contribution in [0, 0.1) is 0 Å². The molecule has 2 aliphatic heterocycles. The number of nitrogens with one attached hydrogen (secondary N) is 1. The first-order chi connectivity index (χ1) is 9.65. The van der Waals surface area contributed by atoms with Gasteiger partial charge in [0.1, 0.15) is 6.04 Å². The van der Waals surface area contributed by atoms with Crippen LogP contribution in [0.1, 0.15) is 18.4 Å². The number of para-hydroxylation sites is 1. The van der Waals surface area contributed by atoms with Crippen LogP contribution in [0.2, 0.25) is 0 Å². The Labute approximate surface area is 120 Å². The number of likely N-dealkylation sites (tertiary alicyclic amines) is 1. The number of rotatable bonds is 2. The van der Waals surface area contributed by atoms with Gasteiger partial charge >= 0.3 is 0 Å². The van der Waals surface area contributed by atoms with E-state index in [4.69, 9.17) is 0 Å². The first-order valence-electron chi connectivity index (χ1n) is 7.45. The molecule has 1 fully saturated rings. The molecule has 0 radical (unpaired) electrons. The molecule has 1 aromatic carbocycles. The van der Waals surface area contributed by atoms with Crippen LogP contribution < -0.4 is 5.32 Å². The summed E-state index contributed by atoms with van der Waals surface area (Å²) in [4.78, 5) is 16.9. The number of fused-ring (bicyclic) bond motifs is 1. The summed E-state index contributed by atoms with van der Waals surface area (Å²) in [5.74, 6) is 0.224. The number of benzene rings is 1. The Morgan fingerprint density at radius 1 is 1.40 bits per heavy atom. The Kier molecular flexibility index (Phi) is 3.66. The Morgan fingerprint density at radius 3 is 2.95 bits per heavy atom. The van der Waals surface area contributed by atoms with E-state index in [0.717, 1.165) is 31.6 Å². The van der Waals surface area contributed by atoms with Crippen molar-refractivity contribution < 1.29 is 4.79 Å². The Hall–Kier alpha value is -1.55. The molecule has 108 valence electrons. The van der Waals surface area contributed by atoms with Crippen molar-refractivity contribution >= 4 is 11.6 Å². The van der Waals surface area contributed by atoms with E-state index in [0.29, 0.717) is 6.04 Å². The third-order valence-electron chi connectivity index (χ3n) is 4.56. The summed E-state index contributed by atoms with van der Waals surface area (Å²) in [6, 6.07) is 8.46. The molecule has 4 heteroatoms. The quantitative estimate of drug-likeness (QED) is 0.888. The van der Waals surface area contributed by atoms with Crippen molar-refractivity contribution in [2.24, 2.45) is 0 Å². The predicted octanol–water partition coefficient (Wildman–Crippen LogP) is 1.58. The fourth-order valence-electron chi connectivity index (χ4n) is 3.33. The van der Waals surface area contributed by atoms with Gasteiger partial charge in [-0.25, -0.2) is 0 Å². The monoisotopic (exact) mass is 273 g/mol. The van der Waals surface area contributed by atoms with Gasteiger partial charge in [0.2, 0.25) is 5.91 Å². The molecule has 1 saturated heterocycles. The highest BCUT2D eigenvalue weighted by molar-refractivity contribution is 5.87. The molecule has 20 heavy (non-hydrogen) atoms. The van der Waals surface area contributed by atoms with E-state index < -0.39 is 0 Å². The van der Waals surface area contributed by atoms with Crippen LogP contribution >= 0.6 is 0 Å². The van der Waals surface area contributed by atoms with Crippen molar-refractivity contribution in [3.63, 3.8) is 0 Å². The molecular formula is C16H23N3O. The highest BCUT2D eigenvalue weighted by atomic mass is 16.2. The number of likely N-dealkylation sites (N-methyl/N-ethyl adjacent to an activating group) is 2. The lowest BCUT2D eigenvalue weighted by Gasteiger charge is -2.36. The van der Waals surface area contributed by atoms with Gasteiger partial charge in [-0.05, 0) is 38.1 Å². The maximum atomic E-state index is 12.7. The minimum Gasteiger partial charge on any atom is -0.373 e. The highest BCUT2D eigenvalue weighted by Gasteiger charge is 2.32. The zero-order valence-electron chi connectivity index (χ0n) is 12.3.